The van der Waals surface area contributed by atoms with Crippen LogP contribution in [0, 0.1) is 5.92 Å². The topological polar surface area (TPSA) is 52.0 Å². The van der Waals surface area contributed by atoms with Crippen LogP contribution in [0.3, 0.4) is 0 Å². The minimum atomic E-state index is -4.80. The smallest absolute Gasteiger partial charge is 0.250 e. The Morgan fingerprint density at radius 2 is 2.21 bits per heavy atom. The molecular formula is C7H10ClFN2O2S. The number of nitrogens with zero attached hydrogens (tertiary/aromatic N) is 2. The van der Waals surface area contributed by atoms with Gasteiger partial charge >= 0.3 is 10.2 Å². The van der Waals surface area contributed by atoms with Crippen molar-refractivity contribution in [3.63, 3.8) is 0 Å². The summed E-state index contributed by atoms with van der Waals surface area (Å²) in [7, 11) is -4.80. The van der Waals surface area contributed by atoms with Gasteiger partial charge in [0.05, 0.1) is 6.20 Å². The Morgan fingerprint density at radius 3 is 2.64 bits per heavy atom. The summed E-state index contributed by atoms with van der Waals surface area (Å²) in [5.74, 6) is 0.159. The molecule has 0 bridgehead atoms. The predicted molar refractivity (Wildman–Crippen MR) is 50.4 cm³/mol. The third kappa shape index (κ3) is 2.45. The second kappa shape index (κ2) is 3.86. The Bertz CT molecular complexity index is 427. The fraction of sp³-hybridized carbons (Fsp3) is 0.571. The van der Waals surface area contributed by atoms with Crippen LogP contribution in [-0.4, -0.2) is 18.2 Å². The fourth-order valence-corrected chi connectivity index (χ4v) is 2.15. The van der Waals surface area contributed by atoms with Gasteiger partial charge in [0.25, 0.3) is 0 Å². The molecule has 7 heteroatoms. The average molecular weight is 241 g/mol. The summed E-state index contributed by atoms with van der Waals surface area (Å²) >= 11 is 5.51. The maximum absolute atomic E-state index is 12.8. The SMILES string of the molecule is CC(C)Cn1ncc(Cl)c1S(=O)(=O)F. The van der Waals surface area contributed by atoms with Crippen molar-refractivity contribution in [3.8, 4) is 0 Å². The first-order chi connectivity index (χ1) is 6.32. The summed E-state index contributed by atoms with van der Waals surface area (Å²) in [6, 6.07) is 0. The molecule has 0 fully saturated rings. The highest BCUT2D eigenvalue weighted by molar-refractivity contribution is 7.86. The lowest BCUT2D eigenvalue weighted by Crippen LogP contribution is -2.11. The second-order valence-corrected chi connectivity index (χ2v) is 4.98. The Kier molecular flexibility index (Phi) is 3.16. The average Bonchev–Trinajstić information content (AvgIpc) is 2.28. The van der Waals surface area contributed by atoms with Gasteiger partial charge in [-0.1, -0.05) is 29.3 Å². The van der Waals surface area contributed by atoms with Gasteiger partial charge in [-0.2, -0.15) is 13.5 Å². The van der Waals surface area contributed by atoms with Crippen LogP contribution >= 0.6 is 11.6 Å². The summed E-state index contributed by atoms with van der Waals surface area (Å²) in [5, 5.41) is 2.94. The van der Waals surface area contributed by atoms with Crippen molar-refractivity contribution in [1.82, 2.24) is 9.78 Å². The molecule has 0 amide bonds. The molecular weight excluding hydrogens is 231 g/mol. The lowest BCUT2D eigenvalue weighted by molar-refractivity contribution is 0.442. The van der Waals surface area contributed by atoms with Gasteiger partial charge in [-0.25, -0.2) is 0 Å². The van der Waals surface area contributed by atoms with Crippen molar-refractivity contribution in [3.05, 3.63) is 11.2 Å². The van der Waals surface area contributed by atoms with Crippen LogP contribution in [-0.2, 0) is 16.8 Å². The van der Waals surface area contributed by atoms with Crippen molar-refractivity contribution in [1.29, 1.82) is 0 Å². The number of hydrogen-bond donors (Lipinski definition) is 0. The fourth-order valence-electron chi connectivity index (χ4n) is 1.07. The normalized spacial score (nSPS) is 12.4. The largest absolute Gasteiger partial charge is 0.350 e. The molecule has 0 unspecified atom stereocenters. The molecule has 14 heavy (non-hydrogen) atoms. The standard InChI is InChI=1S/C7H10ClFN2O2S/c1-5(2)4-11-7(14(9,12)13)6(8)3-10-11/h3,5H,4H2,1-2H3. The quantitative estimate of drug-likeness (QED) is 0.758. The van der Waals surface area contributed by atoms with E-state index in [1.54, 1.807) is 0 Å². The molecule has 0 radical (unpaired) electrons. The van der Waals surface area contributed by atoms with Gasteiger partial charge in [-0.15, -0.1) is 0 Å². The van der Waals surface area contributed by atoms with E-state index in [1.165, 1.54) is 0 Å². The number of aromatic nitrogens is 2. The first-order valence-electron chi connectivity index (χ1n) is 3.98. The highest BCUT2D eigenvalue weighted by atomic mass is 35.5. The van der Waals surface area contributed by atoms with Crippen LogP contribution < -0.4 is 0 Å². The predicted octanol–water partition coefficient (Wildman–Crippen LogP) is 1.85. The molecule has 80 valence electrons. The molecule has 1 aromatic rings. The molecule has 0 aromatic carbocycles. The molecule has 1 heterocycles. The summed E-state index contributed by atoms with van der Waals surface area (Å²) in [4.78, 5) is 0. The van der Waals surface area contributed by atoms with Crippen molar-refractivity contribution < 1.29 is 12.3 Å². The summed E-state index contributed by atoms with van der Waals surface area (Å²) in [6.45, 7) is 4.04. The second-order valence-electron chi connectivity index (χ2n) is 3.31. The van der Waals surface area contributed by atoms with E-state index in [9.17, 15) is 12.3 Å². The summed E-state index contributed by atoms with van der Waals surface area (Å²) in [5.41, 5.74) is 0. The Hall–Kier alpha value is -0.620. The van der Waals surface area contributed by atoms with E-state index >= 15 is 0 Å². The van der Waals surface area contributed by atoms with Gasteiger partial charge in [-0.3, -0.25) is 4.68 Å². The van der Waals surface area contributed by atoms with E-state index < -0.39 is 15.2 Å². The highest BCUT2D eigenvalue weighted by Crippen LogP contribution is 2.23. The molecule has 4 nitrogen and oxygen atoms in total. The number of hydrogen-bond acceptors (Lipinski definition) is 3. The van der Waals surface area contributed by atoms with Gasteiger partial charge in [0.2, 0.25) is 5.03 Å². The minimum absolute atomic E-state index is 0.159. The van der Waals surface area contributed by atoms with E-state index in [2.05, 4.69) is 5.10 Å². The van der Waals surface area contributed by atoms with Crippen LogP contribution in [0.15, 0.2) is 11.2 Å². The van der Waals surface area contributed by atoms with Crippen molar-refractivity contribution in [2.75, 3.05) is 0 Å². The first-order valence-corrected chi connectivity index (χ1v) is 5.74. The molecule has 0 aliphatic carbocycles. The van der Waals surface area contributed by atoms with E-state index in [1.807, 2.05) is 13.8 Å². The molecule has 1 aromatic heterocycles. The van der Waals surface area contributed by atoms with Crippen LogP contribution in [0.1, 0.15) is 13.8 Å². The maximum atomic E-state index is 12.8. The third-order valence-corrected chi connectivity index (χ3v) is 2.80. The molecule has 0 aliphatic rings. The number of rotatable bonds is 3. The zero-order chi connectivity index (χ0) is 10.9. The summed E-state index contributed by atoms with van der Waals surface area (Å²) < 4.78 is 35.2. The molecule has 0 saturated carbocycles. The Labute approximate surface area is 86.9 Å². The van der Waals surface area contributed by atoms with Crippen LogP contribution in [0.25, 0.3) is 0 Å². The van der Waals surface area contributed by atoms with Crippen LogP contribution in [0.5, 0.6) is 0 Å². The van der Waals surface area contributed by atoms with Gasteiger partial charge in [0.1, 0.15) is 5.02 Å². The molecule has 0 spiro atoms. The van der Waals surface area contributed by atoms with E-state index in [-0.39, 0.29) is 10.9 Å². The van der Waals surface area contributed by atoms with Crippen LogP contribution in [0.4, 0.5) is 3.89 Å². The zero-order valence-corrected chi connectivity index (χ0v) is 9.31. The molecule has 0 N–H and O–H groups in total. The van der Waals surface area contributed by atoms with Crippen molar-refractivity contribution in [2.24, 2.45) is 5.92 Å². The molecule has 1 rings (SSSR count). The van der Waals surface area contributed by atoms with Crippen molar-refractivity contribution in [2.45, 2.75) is 25.4 Å². The minimum Gasteiger partial charge on any atom is -0.250 e. The van der Waals surface area contributed by atoms with Gasteiger partial charge < -0.3 is 0 Å². The first kappa shape index (κ1) is 11.5. The maximum Gasteiger partial charge on any atom is 0.350 e. The van der Waals surface area contributed by atoms with E-state index in [0.29, 0.717) is 6.54 Å². The van der Waals surface area contributed by atoms with Crippen molar-refractivity contribution >= 4 is 21.8 Å². The Balaban J connectivity index is 3.20. The van der Waals surface area contributed by atoms with Gasteiger partial charge in [0.15, 0.2) is 0 Å². The molecule has 0 atom stereocenters. The lowest BCUT2D eigenvalue weighted by Gasteiger charge is -2.06. The lowest BCUT2D eigenvalue weighted by atomic mass is 10.2. The molecule has 0 aliphatic heterocycles. The number of halogens is 2. The van der Waals surface area contributed by atoms with Gasteiger partial charge in [0, 0.05) is 6.54 Å². The third-order valence-electron chi connectivity index (χ3n) is 1.52. The van der Waals surface area contributed by atoms with E-state index in [0.717, 1.165) is 10.9 Å². The highest BCUT2D eigenvalue weighted by Gasteiger charge is 2.23. The molecule has 0 saturated heterocycles. The van der Waals surface area contributed by atoms with Crippen LogP contribution in [0.2, 0.25) is 5.02 Å². The van der Waals surface area contributed by atoms with Gasteiger partial charge in [-0.05, 0) is 5.92 Å². The monoisotopic (exact) mass is 240 g/mol. The zero-order valence-electron chi connectivity index (χ0n) is 7.74. The Morgan fingerprint density at radius 1 is 1.64 bits per heavy atom. The van der Waals surface area contributed by atoms with E-state index in [4.69, 9.17) is 11.6 Å². The summed E-state index contributed by atoms with van der Waals surface area (Å²) in [6.07, 6.45) is 1.12.